The van der Waals surface area contributed by atoms with Crippen LogP contribution in [0.3, 0.4) is 0 Å². The van der Waals surface area contributed by atoms with Gasteiger partial charge >= 0.3 is 5.97 Å². The molecule has 0 amide bonds. The summed E-state index contributed by atoms with van der Waals surface area (Å²) in [6, 6.07) is 14.8. The molecule has 0 fully saturated rings. The highest BCUT2D eigenvalue weighted by molar-refractivity contribution is 5.77. The van der Waals surface area contributed by atoms with Gasteiger partial charge in [0, 0.05) is 0 Å². The minimum atomic E-state index is -0.893. The fraction of sp³-hybridized carbons (Fsp3) is 0.133. The van der Waals surface area contributed by atoms with Crippen LogP contribution in [0, 0.1) is 0 Å². The molecule has 2 rings (SSSR count). The van der Waals surface area contributed by atoms with Crippen LogP contribution in [0.15, 0.2) is 54.6 Å². The van der Waals surface area contributed by atoms with Crippen LogP contribution in [-0.2, 0) is 16.1 Å². The maximum absolute atomic E-state index is 11.8. The lowest BCUT2D eigenvalue weighted by atomic mass is 10.1. The molecule has 0 bridgehead atoms. The Labute approximate surface area is 111 Å². The zero-order chi connectivity index (χ0) is 13.7. The normalized spacial score (nSPS) is 11.8. The third kappa shape index (κ3) is 3.56. The highest BCUT2D eigenvalue weighted by Crippen LogP contribution is 2.18. The van der Waals surface area contributed by atoms with E-state index in [-0.39, 0.29) is 12.4 Å². The molecule has 1 unspecified atom stereocenters. The van der Waals surface area contributed by atoms with E-state index in [2.05, 4.69) is 0 Å². The minimum Gasteiger partial charge on any atom is -0.508 e. The van der Waals surface area contributed by atoms with Gasteiger partial charge in [-0.3, -0.25) is 0 Å². The van der Waals surface area contributed by atoms with Crippen molar-refractivity contribution < 1.29 is 14.6 Å². The first-order chi connectivity index (χ1) is 9.16. The number of hydrogen-bond donors (Lipinski definition) is 2. The number of phenols is 1. The van der Waals surface area contributed by atoms with Crippen LogP contribution in [0.1, 0.15) is 17.2 Å². The maximum Gasteiger partial charge on any atom is 0.327 e. The molecule has 3 N–H and O–H groups in total. The quantitative estimate of drug-likeness (QED) is 0.823. The first-order valence-corrected chi connectivity index (χ1v) is 5.92. The largest absolute Gasteiger partial charge is 0.508 e. The molecule has 0 saturated carbocycles. The number of aromatic hydroxyl groups is 1. The summed E-state index contributed by atoms with van der Waals surface area (Å²) in [6.07, 6.45) is 0. The standard InChI is InChI=1S/C15H15NO3/c16-14(12-7-4-8-13(17)9-12)15(18)19-10-11-5-2-1-3-6-11/h1-9,14,17H,10,16H2. The van der Waals surface area contributed by atoms with Gasteiger partial charge in [0.15, 0.2) is 0 Å². The van der Waals surface area contributed by atoms with E-state index in [9.17, 15) is 9.90 Å². The molecule has 0 spiro atoms. The first-order valence-electron chi connectivity index (χ1n) is 5.92. The Morgan fingerprint density at radius 2 is 1.89 bits per heavy atom. The van der Waals surface area contributed by atoms with Gasteiger partial charge in [-0.05, 0) is 23.3 Å². The predicted molar refractivity (Wildman–Crippen MR) is 71.3 cm³/mol. The average molecular weight is 257 g/mol. The van der Waals surface area contributed by atoms with E-state index in [0.29, 0.717) is 5.56 Å². The second-order valence-corrected chi connectivity index (χ2v) is 4.17. The number of benzene rings is 2. The lowest BCUT2D eigenvalue weighted by molar-refractivity contribution is -0.146. The molecule has 0 aromatic heterocycles. The van der Waals surface area contributed by atoms with Crippen molar-refractivity contribution in [1.29, 1.82) is 0 Å². The van der Waals surface area contributed by atoms with E-state index in [4.69, 9.17) is 10.5 Å². The van der Waals surface area contributed by atoms with Crippen LogP contribution >= 0.6 is 0 Å². The van der Waals surface area contributed by atoms with E-state index in [1.807, 2.05) is 30.3 Å². The zero-order valence-electron chi connectivity index (χ0n) is 10.3. The SMILES string of the molecule is NC(C(=O)OCc1ccccc1)c1cccc(O)c1. The van der Waals surface area contributed by atoms with Crippen LogP contribution < -0.4 is 5.73 Å². The van der Waals surface area contributed by atoms with Crippen molar-refractivity contribution in [2.24, 2.45) is 5.73 Å². The summed E-state index contributed by atoms with van der Waals surface area (Å²) < 4.78 is 5.14. The summed E-state index contributed by atoms with van der Waals surface area (Å²) in [6.45, 7) is 0.187. The third-order valence-corrected chi connectivity index (χ3v) is 2.71. The summed E-state index contributed by atoms with van der Waals surface area (Å²) in [5.41, 5.74) is 7.21. The number of phenolic OH excluding ortho intramolecular Hbond substituents is 1. The molecule has 0 aliphatic rings. The fourth-order valence-corrected chi connectivity index (χ4v) is 1.67. The number of carbonyl (C=O) groups excluding carboxylic acids is 1. The van der Waals surface area contributed by atoms with Gasteiger partial charge in [-0.15, -0.1) is 0 Å². The lowest BCUT2D eigenvalue weighted by Gasteiger charge is -2.12. The monoisotopic (exact) mass is 257 g/mol. The van der Waals surface area contributed by atoms with E-state index >= 15 is 0 Å². The van der Waals surface area contributed by atoms with Gasteiger partial charge < -0.3 is 15.6 Å². The Morgan fingerprint density at radius 1 is 1.16 bits per heavy atom. The molecular weight excluding hydrogens is 242 g/mol. The molecule has 0 heterocycles. The van der Waals surface area contributed by atoms with Crippen molar-refractivity contribution in [3.8, 4) is 5.75 Å². The molecule has 0 radical (unpaired) electrons. The second-order valence-electron chi connectivity index (χ2n) is 4.17. The number of rotatable bonds is 4. The molecule has 98 valence electrons. The number of esters is 1. The number of nitrogens with two attached hydrogens (primary N) is 1. The van der Waals surface area contributed by atoms with Gasteiger partial charge in [-0.25, -0.2) is 4.79 Å². The summed E-state index contributed by atoms with van der Waals surface area (Å²) in [4.78, 5) is 11.8. The van der Waals surface area contributed by atoms with Gasteiger partial charge in [0.1, 0.15) is 18.4 Å². The van der Waals surface area contributed by atoms with Gasteiger partial charge in [0.25, 0.3) is 0 Å². The molecule has 4 nitrogen and oxygen atoms in total. The Morgan fingerprint density at radius 3 is 2.58 bits per heavy atom. The summed E-state index contributed by atoms with van der Waals surface area (Å²) in [5, 5.41) is 9.34. The first kappa shape index (κ1) is 13.1. The van der Waals surface area contributed by atoms with E-state index in [1.54, 1.807) is 12.1 Å². The zero-order valence-corrected chi connectivity index (χ0v) is 10.3. The molecule has 1 atom stereocenters. The molecule has 0 aliphatic heterocycles. The summed E-state index contributed by atoms with van der Waals surface area (Å²) in [7, 11) is 0. The van der Waals surface area contributed by atoms with Crippen LogP contribution in [0.25, 0.3) is 0 Å². The van der Waals surface area contributed by atoms with Crippen LogP contribution in [0.2, 0.25) is 0 Å². The Bertz CT molecular complexity index is 554. The topological polar surface area (TPSA) is 72.6 Å². The van der Waals surface area contributed by atoms with E-state index < -0.39 is 12.0 Å². The Balaban J connectivity index is 1.96. The third-order valence-electron chi connectivity index (χ3n) is 2.71. The lowest BCUT2D eigenvalue weighted by Crippen LogP contribution is -2.23. The summed E-state index contributed by atoms with van der Waals surface area (Å²) in [5.74, 6) is -0.446. The summed E-state index contributed by atoms with van der Waals surface area (Å²) >= 11 is 0. The van der Waals surface area contributed by atoms with Crippen molar-refractivity contribution in [3.05, 3.63) is 65.7 Å². The smallest absolute Gasteiger partial charge is 0.327 e. The molecule has 0 saturated heterocycles. The van der Waals surface area contributed by atoms with Gasteiger partial charge in [0.2, 0.25) is 0 Å². The van der Waals surface area contributed by atoms with Crippen molar-refractivity contribution in [2.45, 2.75) is 12.6 Å². The van der Waals surface area contributed by atoms with Crippen molar-refractivity contribution >= 4 is 5.97 Å². The maximum atomic E-state index is 11.8. The molecule has 19 heavy (non-hydrogen) atoms. The van der Waals surface area contributed by atoms with Crippen molar-refractivity contribution in [1.82, 2.24) is 0 Å². The van der Waals surface area contributed by atoms with E-state index in [1.165, 1.54) is 12.1 Å². The Kier molecular flexibility index (Phi) is 4.15. The minimum absolute atomic E-state index is 0.0730. The van der Waals surface area contributed by atoms with Gasteiger partial charge in [0.05, 0.1) is 0 Å². The molecular formula is C15H15NO3. The van der Waals surface area contributed by atoms with Gasteiger partial charge in [-0.1, -0.05) is 42.5 Å². The predicted octanol–water partition coefficient (Wildman–Crippen LogP) is 2.14. The molecule has 0 aliphatic carbocycles. The van der Waals surface area contributed by atoms with Crippen LogP contribution in [0.4, 0.5) is 0 Å². The van der Waals surface area contributed by atoms with Crippen molar-refractivity contribution in [3.63, 3.8) is 0 Å². The molecule has 2 aromatic carbocycles. The van der Waals surface area contributed by atoms with Crippen LogP contribution in [0.5, 0.6) is 5.75 Å². The van der Waals surface area contributed by atoms with Gasteiger partial charge in [-0.2, -0.15) is 0 Å². The average Bonchev–Trinajstić information content (AvgIpc) is 2.45. The number of carbonyl (C=O) groups is 1. The van der Waals surface area contributed by atoms with Crippen LogP contribution in [-0.4, -0.2) is 11.1 Å². The highest BCUT2D eigenvalue weighted by atomic mass is 16.5. The highest BCUT2D eigenvalue weighted by Gasteiger charge is 2.17. The Hall–Kier alpha value is -2.33. The van der Waals surface area contributed by atoms with Crippen molar-refractivity contribution in [2.75, 3.05) is 0 Å². The number of hydrogen-bond acceptors (Lipinski definition) is 4. The number of ether oxygens (including phenoxy) is 1. The molecule has 2 aromatic rings. The van der Waals surface area contributed by atoms with E-state index in [0.717, 1.165) is 5.56 Å². The molecule has 4 heteroatoms. The fourth-order valence-electron chi connectivity index (χ4n) is 1.67. The second kappa shape index (κ2) is 6.02.